The van der Waals surface area contributed by atoms with E-state index in [4.69, 9.17) is 16.3 Å². The molecule has 6 heteroatoms. The zero-order valence-corrected chi connectivity index (χ0v) is 16.2. The summed E-state index contributed by atoms with van der Waals surface area (Å²) in [7, 11) is 0. The van der Waals surface area contributed by atoms with Crippen molar-refractivity contribution < 1.29 is 14.4 Å². The minimum Gasteiger partial charge on any atom is -0.370 e. The molecule has 2 aromatic rings. The summed E-state index contributed by atoms with van der Waals surface area (Å²) < 4.78 is 5.40. The number of amides is 1. The average Bonchev–Trinajstić information content (AvgIpc) is 2.68. The lowest BCUT2D eigenvalue weighted by molar-refractivity contribution is -0.921. The molecule has 0 bridgehead atoms. The second kappa shape index (κ2) is 9.97. The fourth-order valence-electron chi connectivity index (χ4n) is 2.86. The quantitative estimate of drug-likeness (QED) is 0.711. The highest BCUT2D eigenvalue weighted by molar-refractivity contribution is 8.00. The maximum Gasteiger partial charge on any atom is 0.230 e. The fraction of sp³-hybridized carbons (Fsp3) is 0.350. The van der Waals surface area contributed by atoms with Crippen LogP contribution in [0, 0.1) is 0 Å². The van der Waals surface area contributed by atoms with Crippen LogP contribution in [0.15, 0.2) is 53.4 Å². The van der Waals surface area contributed by atoms with Gasteiger partial charge in [0.25, 0.3) is 0 Å². The number of rotatable bonds is 7. The smallest absolute Gasteiger partial charge is 0.230 e. The van der Waals surface area contributed by atoms with Crippen LogP contribution in [0.4, 0.5) is 0 Å². The van der Waals surface area contributed by atoms with Crippen molar-refractivity contribution in [3.63, 3.8) is 0 Å². The molecule has 1 amide bonds. The Balaban J connectivity index is 1.41. The maximum absolute atomic E-state index is 12.0. The van der Waals surface area contributed by atoms with Gasteiger partial charge in [0.1, 0.15) is 19.6 Å². The number of carbonyl (C=O) groups excluding carboxylic acids is 1. The first-order chi connectivity index (χ1) is 12.7. The standard InChI is InChI=1S/C20H23ClN2O2S/c21-18-3-1-2-4-19(18)26-15-20(24)22-13-16-5-7-17(8-6-16)14-23-9-11-25-12-10-23/h1-8H,9-15H2,(H,22,24)/p+1. The van der Waals surface area contributed by atoms with Gasteiger partial charge in [0.05, 0.1) is 24.0 Å². The van der Waals surface area contributed by atoms with Crippen molar-refractivity contribution in [3.05, 3.63) is 64.7 Å². The number of hydrogen-bond donors (Lipinski definition) is 2. The summed E-state index contributed by atoms with van der Waals surface area (Å²) in [4.78, 5) is 14.5. The molecule has 1 fully saturated rings. The van der Waals surface area contributed by atoms with Crippen molar-refractivity contribution in [2.75, 3.05) is 32.1 Å². The second-order valence-electron chi connectivity index (χ2n) is 6.35. The Morgan fingerprint density at radius 2 is 1.77 bits per heavy atom. The molecule has 1 heterocycles. The van der Waals surface area contributed by atoms with E-state index in [2.05, 4.69) is 29.6 Å². The molecule has 2 N–H and O–H groups in total. The summed E-state index contributed by atoms with van der Waals surface area (Å²) in [5.74, 6) is 0.374. The van der Waals surface area contributed by atoms with Crippen LogP contribution in [0.1, 0.15) is 11.1 Å². The van der Waals surface area contributed by atoms with Crippen LogP contribution >= 0.6 is 23.4 Å². The van der Waals surface area contributed by atoms with Crippen LogP contribution in [0.25, 0.3) is 0 Å². The van der Waals surface area contributed by atoms with Gasteiger partial charge in [-0.25, -0.2) is 0 Å². The Hall–Kier alpha value is -1.53. The van der Waals surface area contributed by atoms with E-state index in [9.17, 15) is 4.79 Å². The molecule has 26 heavy (non-hydrogen) atoms. The number of nitrogens with one attached hydrogen (secondary N) is 2. The number of carbonyl (C=O) groups is 1. The number of thioether (sulfide) groups is 1. The second-order valence-corrected chi connectivity index (χ2v) is 7.78. The molecular weight excluding hydrogens is 368 g/mol. The van der Waals surface area contributed by atoms with Crippen LogP contribution in [0.3, 0.4) is 0 Å². The SMILES string of the molecule is O=C(CSc1ccccc1Cl)NCc1ccc(C[NH+]2CCOCC2)cc1. The van der Waals surface area contributed by atoms with Gasteiger partial charge in [-0.05, 0) is 17.7 Å². The van der Waals surface area contributed by atoms with Gasteiger partial charge in [0.2, 0.25) is 5.91 Å². The molecular formula is C20H24ClN2O2S+. The maximum atomic E-state index is 12.0. The molecule has 0 radical (unpaired) electrons. The summed E-state index contributed by atoms with van der Waals surface area (Å²) in [5, 5.41) is 3.65. The van der Waals surface area contributed by atoms with E-state index >= 15 is 0 Å². The first-order valence-electron chi connectivity index (χ1n) is 8.84. The zero-order chi connectivity index (χ0) is 18.2. The zero-order valence-electron chi connectivity index (χ0n) is 14.7. The lowest BCUT2D eigenvalue weighted by Gasteiger charge is -2.23. The Labute approximate surface area is 163 Å². The van der Waals surface area contributed by atoms with Gasteiger partial charge in [-0.3, -0.25) is 4.79 Å². The molecule has 2 aromatic carbocycles. The Bertz CT molecular complexity index is 718. The first-order valence-corrected chi connectivity index (χ1v) is 10.2. The van der Waals surface area contributed by atoms with E-state index in [1.165, 1.54) is 17.3 Å². The summed E-state index contributed by atoms with van der Waals surface area (Å²) in [6.45, 7) is 5.43. The Morgan fingerprint density at radius 3 is 2.50 bits per heavy atom. The molecule has 0 aromatic heterocycles. The van der Waals surface area contributed by atoms with Crippen molar-refractivity contribution in [1.82, 2.24) is 5.32 Å². The molecule has 0 spiro atoms. The largest absolute Gasteiger partial charge is 0.370 e. The molecule has 4 nitrogen and oxygen atoms in total. The minimum absolute atomic E-state index is 0.0109. The van der Waals surface area contributed by atoms with Crippen LogP contribution in [-0.4, -0.2) is 38.0 Å². The summed E-state index contributed by atoms with van der Waals surface area (Å²) in [5.41, 5.74) is 2.44. The first kappa shape index (κ1) is 19.2. The van der Waals surface area contributed by atoms with E-state index in [0.717, 1.165) is 43.3 Å². The Morgan fingerprint density at radius 1 is 1.08 bits per heavy atom. The third-order valence-corrected chi connectivity index (χ3v) is 5.88. The number of morpholine rings is 1. The van der Waals surface area contributed by atoms with Crippen LogP contribution < -0.4 is 10.2 Å². The van der Waals surface area contributed by atoms with Gasteiger partial charge >= 0.3 is 0 Å². The highest BCUT2D eigenvalue weighted by Crippen LogP contribution is 2.26. The summed E-state index contributed by atoms with van der Waals surface area (Å²) in [6, 6.07) is 16.1. The van der Waals surface area contributed by atoms with E-state index in [1.54, 1.807) is 4.90 Å². The molecule has 0 saturated carbocycles. The third-order valence-electron chi connectivity index (χ3n) is 4.36. The number of ether oxygens (including phenoxy) is 1. The average molecular weight is 392 g/mol. The van der Waals surface area contributed by atoms with Gasteiger partial charge in [-0.1, -0.05) is 48.0 Å². The summed E-state index contributed by atoms with van der Waals surface area (Å²) >= 11 is 7.56. The predicted octanol–water partition coefficient (Wildman–Crippen LogP) is 2.16. The normalized spacial score (nSPS) is 15.0. The highest BCUT2D eigenvalue weighted by atomic mass is 35.5. The van der Waals surface area contributed by atoms with Crippen molar-refractivity contribution in [2.45, 2.75) is 18.0 Å². The Kier molecular flexibility index (Phi) is 7.38. The predicted molar refractivity (Wildman–Crippen MR) is 106 cm³/mol. The van der Waals surface area contributed by atoms with Crippen molar-refractivity contribution in [1.29, 1.82) is 0 Å². The molecule has 1 saturated heterocycles. The molecule has 3 rings (SSSR count). The van der Waals surface area contributed by atoms with E-state index in [-0.39, 0.29) is 5.91 Å². The molecule has 0 aliphatic carbocycles. The van der Waals surface area contributed by atoms with Gasteiger partial charge in [0.15, 0.2) is 0 Å². The molecule has 1 aliphatic rings. The van der Waals surface area contributed by atoms with Crippen molar-refractivity contribution in [2.24, 2.45) is 0 Å². The number of benzene rings is 2. The van der Waals surface area contributed by atoms with E-state index in [0.29, 0.717) is 17.3 Å². The van der Waals surface area contributed by atoms with Crippen molar-refractivity contribution in [3.8, 4) is 0 Å². The molecule has 1 aliphatic heterocycles. The van der Waals surface area contributed by atoms with Crippen LogP contribution in [0.5, 0.6) is 0 Å². The fourth-order valence-corrected chi connectivity index (χ4v) is 3.93. The highest BCUT2D eigenvalue weighted by Gasteiger charge is 2.14. The lowest BCUT2D eigenvalue weighted by atomic mass is 10.1. The van der Waals surface area contributed by atoms with Gasteiger partial charge in [0, 0.05) is 17.0 Å². The third kappa shape index (κ3) is 6.02. The summed E-state index contributed by atoms with van der Waals surface area (Å²) in [6.07, 6.45) is 0. The lowest BCUT2D eigenvalue weighted by Crippen LogP contribution is -3.12. The van der Waals surface area contributed by atoms with E-state index in [1.807, 2.05) is 24.3 Å². The minimum atomic E-state index is 0.0109. The monoisotopic (exact) mass is 391 g/mol. The van der Waals surface area contributed by atoms with Crippen LogP contribution in [-0.2, 0) is 22.6 Å². The number of halogens is 1. The topological polar surface area (TPSA) is 42.8 Å². The van der Waals surface area contributed by atoms with Crippen molar-refractivity contribution >= 4 is 29.3 Å². The molecule has 138 valence electrons. The van der Waals surface area contributed by atoms with E-state index < -0.39 is 0 Å². The molecule has 0 unspecified atom stereocenters. The van der Waals surface area contributed by atoms with Gasteiger partial charge < -0.3 is 15.0 Å². The number of quaternary nitrogens is 1. The van der Waals surface area contributed by atoms with Gasteiger partial charge in [-0.2, -0.15) is 0 Å². The number of hydrogen-bond acceptors (Lipinski definition) is 3. The van der Waals surface area contributed by atoms with Crippen LogP contribution in [0.2, 0.25) is 5.02 Å². The molecule has 0 atom stereocenters. The van der Waals surface area contributed by atoms with Gasteiger partial charge in [-0.15, -0.1) is 11.8 Å².